The number of esters is 1. The van der Waals surface area contributed by atoms with Gasteiger partial charge in [0.1, 0.15) is 5.78 Å². The molecule has 0 radical (unpaired) electrons. The molecule has 1 saturated carbocycles. The van der Waals surface area contributed by atoms with E-state index < -0.39 is 0 Å². The van der Waals surface area contributed by atoms with Gasteiger partial charge in [0.05, 0.1) is 7.11 Å². The topological polar surface area (TPSA) is 43.4 Å². The Bertz CT molecular complexity index is 498. The monoisotopic (exact) mass is 394 g/mol. The second-order valence-corrected chi connectivity index (χ2v) is 8.41. The van der Waals surface area contributed by atoms with Gasteiger partial charge in [-0.05, 0) is 57.3 Å². The van der Waals surface area contributed by atoms with Crippen molar-refractivity contribution in [3.63, 3.8) is 0 Å². The van der Waals surface area contributed by atoms with Crippen molar-refractivity contribution in [3.05, 3.63) is 24.3 Å². The average molecular weight is 395 g/mol. The molecule has 0 aromatic carbocycles. The lowest BCUT2D eigenvalue weighted by atomic mass is 9.84. The van der Waals surface area contributed by atoms with Gasteiger partial charge in [-0.25, -0.2) is 0 Å². The van der Waals surface area contributed by atoms with Gasteiger partial charge in [-0.15, -0.1) is 0 Å². The fraction of sp³-hybridized carbons (Fsp3) is 0.739. The fourth-order valence-electron chi connectivity index (χ4n) is 3.99. The van der Waals surface area contributed by atoms with Crippen LogP contribution in [-0.2, 0) is 14.3 Å². The molecule has 0 aromatic rings. The molecule has 0 aromatic heterocycles. The zero-order chi connectivity index (χ0) is 20.1. The van der Waals surface area contributed by atoms with Crippen molar-refractivity contribution in [2.75, 3.05) is 7.11 Å². The van der Waals surface area contributed by atoms with E-state index in [2.05, 4.69) is 36.0 Å². The van der Waals surface area contributed by atoms with Crippen LogP contribution in [0.1, 0.15) is 78.1 Å². The minimum Gasteiger partial charge on any atom is -0.469 e. The summed E-state index contributed by atoms with van der Waals surface area (Å²) in [5.41, 5.74) is 0. The first-order valence-corrected chi connectivity index (χ1v) is 11.1. The molecule has 1 fully saturated rings. The minimum atomic E-state index is -0.152. The van der Waals surface area contributed by atoms with Crippen molar-refractivity contribution in [2.24, 2.45) is 17.8 Å². The molecule has 154 valence electrons. The summed E-state index contributed by atoms with van der Waals surface area (Å²) < 4.78 is 4.66. The summed E-state index contributed by atoms with van der Waals surface area (Å²) in [4.78, 5) is 23.2. The molecule has 3 nitrogen and oxygen atoms in total. The number of carbonyl (C=O) groups excluding carboxylic acids is 2. The predicted molar refractivity (Wildman–Crippen MR) is 116 cm³/mol. The van der Waals surface area contributed by atoms with E-state index in [1.807, 2.05) is 0 Å². The molecule has 4 atom stereocenters. The van der Waals surface area contributed by atoms with Gasteiger partial charge in [0.2, 0.25) is 0 Å². The molecule has 0 unspecified atom stereocenters. The average Bonchev–Trinajstić information content (AvgIpc) is 3.05. The Kier molecular flexibility index (Phi) is 12.5. The number of ether oxygens (including phenoxy) is 1. The van der Waals surface area contributed by atoms with Gasteiger partial charge < -0.3 is 4.74 Å². The van der Waals surface area contributed by atoms with Gasteiger partial charge in [0.25, 0.3) is 0 Å². The third-order valence-electron chi connectivity index (χ3n) is 5.64. The summed E-state index contributed by atoms with van der Waals surface area (Å²) in [6.07, 6.45) is 19.0. The van der Waals surface area contributed by atoms with Gasteiger partial charge in [0, 0.05) is 17.6 Å². The molecule has 0 N–H and O–H groups in total. The van der Waals surface area contributed by atoms with Crippen LogP contribution in [0, 0.1) is 17.8 Å². The lowest BCUT2D eigenvalue weighted by Crippen LogP contribution is -2.19. The lowest BCUT2D eigenvalue weighted by molar-refractivity contribution is -0.140. The number of ketones is 1. The summed E-state index contributed by atoms with van der Waals surface area (Å²) in [7, 11) is 1.42. The molecular weight excluding hydrogens is 356 g/mol. The Morgan fingerprint density at radius 1 is 1.19 bits per heavy atom. The van der Waals surface area contributed by atoms with Crippen LogP contribution < -0.4 is 0 Å². The number of allylic oxidation sites excluding steroid dienone is 3. The number of methoxy groups -OCH3 is 1. The summed E-state index contributed by atoms with van der Waals surface area (Å²) in [6.45, 7) is 3.95. The first-order chi connectivity index (χ1) is 13.0. The van der Waals surface area contributed by atoms with Crippen molar-refractivity contribution in [1.82, 2.24) is 0 Å². The van der Waals surface area contributed by atoms with Crippen LogP contribution in [0.5, 0.6) is 0 Å². The number of Topliss-reactive ketones (excluding diaryl/α,β-unsaturated/α-hetero) is 1. The van der Waals surface area contributed by atoms with E-state index in [9.17, 15) is 9.59 Å². The minimum absolute atomic E-state index is 0.152. The Morgan fingerprint density at radius 3 is 2.63 bits per heavy atom. The van der Waals surface area contributed by atoms with Crippen LogP contribution in [-0.4, -0.2) is 24.1 Å². The maximum absolute atomic E-state index is 12.0. The van der Waals surface area contributed by atoms with E-state index in [4.69, 9.17) is 12.6 Å². The van der Waals surface area contributed by atoms with Crippen LogP contribution in [0.15, 0.2) is 24.3 Å². The van der Waals surface area contributed by atoms with Gasteiger partial charge in [-0.1, -0.05) is 50.5 Å². The molecule has 27 heavy (non-hydrogen) atoms. The first-order valence-electron chi connectivity index (χ1n) is 10.6. The molecular formula is C23H38O3S. The fourth-order valence-corrected chi connectivity index (χ4v) is 4.27. The van der Waals surface area contributed by atoms with Crippen LogP contribution in [0.2, 0.25) is 0 Å². The highest BCUT2D eigenvalue weighted by molar-refractivity contribution is 7.81. The Hall–Kier alpha value is -1.03. The lowest BCUT2D eigenvalue weighted by Gasteiger charge is -2.20. The molecule has 0 heterocycles. The van der Waals surface area contributed by atoms with E-state index in [-0.39, 0.29) is 11.9 Å². The molecule has 0 aliphatic heterocycles. The van der Waals surface area contributed by atoms with Gasteiger partial charge in [-0.2, -0.15) is 12.6 Å². The molecule has 1 rings (SSSR count). The smallest absolute Gasteiger partial charge is 0.305 e. The van der Waals surface area contributed by atoms with E-state index in [0.717, 1.165) is 38.5 Å². The summed E-state index contributed by atoms with van der Waals surface area (Å²) in [5, 5.41) is 0.322. The van der Waals surface area contributed by atoms with Crippen molar-refractivity contribution in [3.8, 4) is 0 Å². The second-order valence-electron chi connectivity index (χ2n) is 7.75. The zero-order valence-electron chi connectivity index (χ0n) is 17.4. The van der Waals surface area contributed by atoms with E-state index in [1.54, 1.807) is 6.92 Å². The maximum Gasteiger partial charge on any atom is 0.305 e. The Morgan fingerprint density at radius 2 is 1.96 bits per heavy atom. The van der Waals surface area contributed by atoms with Crippen molar-refractivity contribution < 1.29 is 14.3 Å². The standard InChI is InChI=1S/C23H38O3S/c1-4-5-8-11-20(27)16-14-19-15-17-21(18(2)24)22(19)12-9-6-7-10-13-23(25)26-3/h6,9,14,16,19-22,27H,4-5,7-8,10-13,15,17H2,1-3H3/t19-,20-,21+,22+/m0/s1. The molecule has 4 heteroatoms. The number of unbranched alkanes of at least 4 members (excludes halogenated alkanes) is 3. The summed E-state index contributed by atoms with van der Waals surface area (Å²) in [5.74, 6) is 1.21. The van der Waals surface area contributed by atoms with Crippen LogP contribution in [0.3, 0.4) is 0 Å². The van der Waals surface area contributed by atoms with Crippen LogP contribution in [0.4, 0.5) is 0 Å². The Labute approximate surface area is 171 Å². The highest BCUT2D eigenvalue weighted by atomic mass is 32.1. The molecule has 1 aliphatic carbocycles. The highest BCUT2D eigenvalue weighted by Gasteiger charge is 2.36. The Balaban J connectivity index is 2.51. The third-order valence-corrected chi connectivity index (χ3v) is 6.07. The highest BCUT2D eigenvalue weighted by Crippen LogP contribution is 2.41. The first kappa shape index (κ1) is 24.0. The normalized spacial score (nSPS) is 23.9. The second kappa shape index (κ2) is 14.0. The molecule has 0 bridgehead atoms. The van der Waals surface area contributed by atoms with E-state index in [0.29, 0.717) is 29.3 Å². The van der Waals surface area contributed by atoms with Gasteiger partial charge in [0.15, 0.2) is 0 Å². The predicted octanol–water partition coefficient (Wildman–Crippen LogP) is 5.94. The van der Waals surface area contributed by atoms with E-state index >= 15 is 0 Å². The zero-order valence-corrected chi connectivity index (χ0v) is 18.3. The van der Waals surface area contributed by atoms with Gasteiger partial charge >= 0.3 is 5.97 Å². The molecule has 1 aliphatic rings. The van der Waals surface area contributed by atoms with Crippen LogP contribution in [0.25, 0.3) is 0 Å². The quantitative estimate of drug-likeness (QED) is 0.182. The molecule has 0 amide bonds. The van der Waals surface area contributed by atoms with Crippen molar-refractivity contribution in [1.29, 1.82) is 0 Å². The van der Waals surface area contributed by atoms with Gasteiger partial charge in [-0.3, -0.25) is 9.59 Å². The number of thiol groups is 1. The SMILES string of the molecule is CCCCC[C@H](S)C=C[C@H]1CC[C@H](C(C)=O)[C@@H]1CC=CCCCC(=O)OC. The molecule has 0 spiro atoms. The number of rotatable bonds is 13. The molecule has 0 saturated heterocycles. The van der Waals surface area contributed by atoms with Crippen LogP contribution >= 0.6 is 12.6 Å². The summed E-state index contributed by atoms with van der Waals surface area (Å²) >= 11 is 4.70. The summed E-state index contributed by atoms with van der Waals surface area (Å²) in [6, 6.07) is 0. The number of hydrogen-bond acceptors (Lipinski definition) is 4. The van der Waals surface area contributed by atoms with Crippen molar-refractivity contribution in [2.45, 2.75) is 83.3 Å². The number of hydrogen-bond donors (Lipinski definition) is 1. The largest absolute Gasteiger partial charge is 0.469 e. The van der Waals surface area contributed by atoms with Crippen molar-refractivity contribution >= 4 is 24.4 Å². The maximum atomic E-state index is 12.0. The third kappa shape index (κ3) is 9.64. The van der Waals surface area contributed by atoms with E-state index in [1.165, 1.54) is 26.4 Å². The number of carbonyl (C=O) groups is 2.